The van der Waals surface area contributed by atoms with Gasteiger partial charge in [0.1, 0.15) is 6.10 Å². The fourth-order valence-electron chi connectivity index (χ4n) is 7.94. The van der Waals surface area contributed by atoms with Crippen LogP contribution in [0.15, 0.2) is 93.1 Å². The minimum atomic E-state index is -0.137. The molecule has 0 amide bonds. The van der Waals surface area contributed by atoms with Gasteiger partial charge in [0.2, 0.25) is 0 Å². The van der Waals surface area contributed by atoms with E-state index in [4.69, 9.17) is 4.74 Å². The summed E-state index contributed by atoms with van der Waals surface area (Å²) in [6.45, 7) is 6.93. The first kappa shape index (κ1) is 25.6. The zero-order valence-electron chi connectivity index (χ0n) is 22.8. The van der Waals surface area contributed by atoms with Crippen LogP contribution >= 0.6 is 31.9 Å². The van der Waals surface area contributed by atoms with Crippen molar-refractivity contribution in [2.75, 3.05) is 0 Å². The summed E-state index contributed by atoms with van der Waals surface area (Å²) in [5, 5.41) is 2.69. The molecule has 0 radical (unpaired) electrons. The van der Waals surface area contributed by atoms with Crippen molar-refractivity contribution in [3.05, 3.63) is 120 Å². The summed E-state index contributed by atoms with van der Waals surface area (Å²) < 4.78 is 9.28. The van der Waals surface area contributed by atoms with E-state index in [0.29, 0.717) is 17.8 Å². The maximum atomic E-state index is 6.97. The molecule has 5 aliphatic rings. The summed E-state index contributed by atoms with van der Waals surface area (Å²) in [7, 11) is 0. The molecule has 3 heteroatoms. The van der Waals surface area contributed by atoms with Crippen LogP contribution in [0.25, 0.3) is 17.2 Å². The molecule has 0 saturated carbocycles. The molecule has 5 atom stereocenters. The van der Waals surface area contributed by atoms with Crippen molar-refractivity contribution in [2.45, 2.75) is 52.6 Å². The van der Waals surface area contributed by atoms with Gasteiger partial charge in [-0.15, -0.1) is 0 Å². The molecular formula is C36H34Br2O. The molecule has 0 fully saturated rings. The largest absolute Gasteiger partial charge is 0.490 e. The molecule has 0 N–H and O–H groups in total. The molecule has 0 aromatic heterocycles. The molecule has 0 bridgehead atoms. The van der Waals surface area contributed by atoms with E-state index < -0.39 is 0 Å². The van der Waals surface area contributed by atoms with E-state index in [0.717, 1.165) is 30.2 Å². The van der Waals surface area contributed by atoms with Gasteiger partial charge in [0.15, 0.2) is 0 Å². The van der Waals surface area contributed by atoms with Crippen LogP contribution in [0.5, 0.6) is 0 Å². The van der Waals surface area contributed by atoms with Gasteiger partial charge >= 0.3 is 0 Å². The summed E-state index contributed by atoms with van der Waals surface area (Å²) in [6, 6.07) is 13.7. The van der Waals surface area contributed by atoms with E-state index in [2.05, 4.69) is 132 Å². The Morgan fingerprint density at radius 3 is 2.49 bits per heavy atom. The van der Waals surface area contributed by atoms with Crippen LogP contribution in [0.3, 0.4) is 0 Å². The van der Waals surface area contributed by atoms with Crippen LogP contribution in [-0.4, -0.2) is 6.10 Å². The first-order valence-corrected chi connectivity index (χ1v) is 15.8. The minimum absolute atomic E-state index is 0.0943. The van der Waals surface area contributed by atoms with Crippen molar-refractivity contribution in [1.29, 1.82) is 0 Å². The zero-order valence-corrected chi connectivity index (χ0v) is 26.0. The number of benzene rings is 2. The molecule has 2 aromatic rings. The second kappa shape index (κ2) is 9.63. The molecule has 0 saturated heterocycles. The number of allylic oxidation sites excluding steroid dienone is 10. The summed E-state index contributed by atoms with van der Waals surface area (Å²) in [6.07, 6.45) is 21.1. The Kier molecular flexibility index (Phi) is 6.32. The Morgan fingerprint density at radius 1 is 0.897 bits per heavy atom. The lowest BCUT2D eigenvalue weighted by Gasteiger charge is -2.53. The average Bonchev–Trinajstić information content (AvgIpc) is 2.92. The second-order valence-electron chi connectivity index (χ2n) is 12.1. The maximum Gasteiger partial charge on any atom is 0.124 e. The highest BCUT2D eigenvalue weighted by molar-refractivity contribution is 9.12. The van der Waals surface area contributed by atoms with Crippen LogP contribution in [0.2, 0.25) is 0 Å². The highest BCUT2D eigenvalue weighted by Gasteiger charge is 2.53. The van der Waals surface area contributed by atoms with Crippen LogP contribution in [0.1, 0.15) is 49.3 Å². The summed E-state index contributed by atoms with van der Waals surface area (Å²) in [5.41, 5.74) is 8.16. The van der Waals surface area contributed by atoms with Crippen LogP contribution in [-0.2, 0) is 4.74 Å². The predicted octanol–water partition coefficient (Wildman–Crippen LogP) is 8.59. The van der Waals surface area contributed by atoms with Crippen molar-refractivity contribution in [3.8, 4) is 0 Å². The molecule has 2 aromatic carbocycles. The van der Waals surface area contributed by atoms with Gasteiger partial charge in [-0.05, 0) is 83.4 Å². The Labute approximate surface area is 248 Å². The lowest BCUT2D eigenvalue weighted by molar-refractivity contribution is 0.0908. The van der Waals surface area contributed by atoms with Gasteiger partial charge in [-0.25, -0.2) is 0 Å². The van der Waals surface area contributed by atoms with Gasteiger partial charge < -0.3 is 4.74 Å². The van der Waals surface area contributed by atoms with E-state index >= 15 is 0 Å². The van der Waals surface area contributed by atoms with Gasteiger partial charge in [0.05, 0.1) is 5.76 Å². The third-order valence-corrected chi connectivity index (χ3v) is 10.6. The van der Waals surface area contributed by atoms with Gasteiger partial charge in [0.25, 0.3) is 0 Å². The number of ether oxygens (including phenoxy) is 1. The SMILES string of the molecule is Cc1cc(C)cc(C2=CCC(C3(C)C4=C(CCC5C=CC(Br)=CC45)OC4CC=c5ccc(Br)cc5=C43)C=C2)c1. The monoisotopic (exact) mass is 640 g/mol. The zero-order chi connectivity index (χ0) is 26.9. The molecule has 4 aliphatic carbocycles. The number of hydrogen-bond acceptors (Lipinski definition) is 1. The van der Waals surface area contributed by atoms with E-state index in [-0.39, 0.29) is 11.5 Å². The normalized spacial score (nSPS) is 30.7. The van der Waals surface area contributed by atoms with Crippen LogP contribution in [0, 0.1) is 37.0 Å². The molecule has 5 unspecified atom stereocenters. The van der Waals surface area contributed by atoms with Gasteiger partial charge in [0, 0.05) is 33.1 Å². The lowest BCUT2D eigenvalue weighted by atomic mass is 9.54. The number of rotatable bonds is 2. The van der Waals surface area contributed by atoms with E-state index in [1.54, 1.807) is 0 Å². The Bertz CT molecular complexity index is 1650. The van der Waals surface area contributed by atoms with Gasteiger partial charge in [-0.3, -0.25) is 0 Å². The lowest BCUT2D eigenvalue weighted by Crippen LogP contribution is -2.51. The smallest absolute Gasteiger partial charge is 0.124 e. The summed E-state index contributed by atoms with van der Waals surface area (Å²) >= 11 is 7.61. The number of fused-ring (bicyclic) bond motifs is 4. The molecule has 1 heterocycles. The minimum Gasteiger partial charge on any atom is -0.490 e. The predicted molar refractivity (Wildman–Crippen MR) is 169 cm³/mol. The Balaban J connectivity index is 1.42. The molecular weight excluding hydrogens is 608 g/mol. The molecule has 39 heavy (non-hydrogen) atoms. The Hall–Kier alpha value is -2.36. The van der Waals surface area contributed by atoms with E-state index in [1.165, 1.54) is 54.1 Å². The summed E-state index contributed by atoms with van der Waals surface area (Å²) in [4.78, 5) is 0. The first-order valence-electron chi connectivity index (χ1n) is 14.2. The van der Waals surface area contributed by atoms with Crippen molar-refractivity contribution in [1.82, 2.24) is 0 Å². The van der Waals surface area contributed by atoms with E-state index in [9.17, 15) is 0 Å². The molecule has 1 nitrogen and oxygen atoms in total. The fourth-order valence-corrected chi connectivity index (χ4v) is 8.74. The third kappa shape index (κ3) is 4.23. The third-order valence-electron chi connectivity index (χ3n) is 9.62. The van der Waals surface area contributed by atoms with Crippen molar-refractivity contribution in [2.24, 2.45) is 23.2 Å². The molecule has 7 rings (SSSR count). The molecule has 198 valence electrons. The fraction of sp³-hybridized carbons (Fsp3) is 0.333. The highest BCUT2D eigenvalue weighted by atomic mass is 79.9. The average molecular weight is 642 g/mol. The maximum absolute atomic E-state index is 6.97. The number of hydrogen-bond donors (Lipinski definition) is 0. The van der Waals surface area contributed by atoms with E-state index in [1.807, 2.05) is 0 Å². The molecule has 0 spiro atoms. The number of aryl methyl sites for hydroxylation is 2. The topological polar surface area (TPSA) is 9.23 Å². The Morgan fingerprint density at radius 2 is 1.72 bits per heavy atom. The van der Waals surface area contributed by atoms with Crippen molar-refractivity contribution < 1.29 is 4.74 Å². The standard InChI is InChI=1S/C36H34Br2O/c1-21-16-22(2)18-26(17-21)23-4-10-27(11-5-23)36(3)34-30-19-28(37)12-6-24(30)8-14-32(34)39-33-15-9-25-7-13-29(38)20-31(25)35(33)36/h4-8,10,12-13,16-20,25,27,31-32H,9,11,14-15H2,1-3H3. The van der Waals surface area contributed by atoms with Crippen LogP contribution < -0.4 is 10.4 Å². The molecule has 1 aliphatic heterocycles. The van der Waals surface area contributed by atoms with Crippen LogP contribution in [0.4, 0.5) is 0 Å². The number of halogens is 2. The van der Waals surface area contributed by atoms with Gasteiger partial charge in [-0.1, -0.05) is 117 Å². The van der Waals surface area contributed by atoms with Gasteiger partial charge in [-0.2, -0.15) is 0 Å². The second-order valence-corrected chi connectivity index (χ2v) is 13.9. The first-order chi connectivity index (χ1) is 18.8. The van der Waals surface area contributed by atoms with Crippen molar-refractivity contribution >= 4 is 49.1 Å². The van der Waals surface area contributed by atoms with Crippen molar-refractivity contribution in [3.63, 3.8) is 0 Å². The quantitative estimate of drug-likeness (QED) is 0.319. The summed E-state index contributed by atoms with van der Waals surface area (Å²) in [5.74, 6) is 2.49. The highest BCUT2D eigenvalue weighted by Crippen LogP contribution is 2.60.